The summed E-state index contributed by atoms with van der Waals surface area (Å²) in [6.07, 6.45) is -0.298. The van der Waals surface area contributed by atoms with Crippen molar-refractivity contribution in [2.24, 2.45) is 0 Å². The molecule has 1 saturated heterocycles. The molecule has 2 atom stereocenters. The summed E-state index contributed by atoms with van der Waals surface area (Å²) in [5.41, 5.74) is 1.08. The van der Waals surface area contributed by atoms with Crippen LogP contribution < -0.4 is 4.74 Å². The van der Waals surface area contributed by atoms with Crippen LogP contribution in [-0.4, -0.2) is 41.2 Å². The minimum atomic E-state index is -0.529. The molecule has 2 unspecified atom stereocenters. The van der Waals surface area contributed by atoms with E-state index in [4.69, 9.17) is 4.74 Å². The van der Waals surface area contributed by atoms with Crippen molar-refractivity contribution in [1.82, 2.24) is 4.90 Å². The van der Waals surface area contributed by atoms with E-state index in [-0.39, 0.29) is 18.4 Å². The Hall–Kier alpha value is -1.55. The molecule has 1 N–H and O–H groups in total. The van der Waals surface area contributed by atoms with E-state index in [2.05, 4.69) is 0 Å². The highest BCUT2D eigenvalue weighted by molar-refractivity contribution is 5.79. The van der Waals surface area contributed by atoms with Gasteiger partial charge in [0, 0.05) is 6.54 Å². The SMILES string of the molecule is Cc1ccccc1OCC(C)N1CC(O)CC1=O. The lowest BCUT2D eigenvalue weighted by molar-refractivity contribution is -0.129. The minimum Gasteiger partial charge on any atom is -0.491 e. The molecule has 1 aromatic carbocycles. The Morgan fingerprint density at radius 1 is 1.50 bits per heavy atom. The van der Waals surface area contributed by atoms with Crippen molar-refractivity contribution in [1.29, 1.82) is 0 Å². The molecule has 98 valence electrons. The zero-order valence-electron chi connectivity index (χ0n) is 10.8. The number of likely N-dealkylation sites (tertiary alicyclic amines) is 1. The van der Waals surface area contributed by atoms with Crippen molar-refractivity contribution in [3.05, 3.63) is 29.8 Å². The number of hydrogen-bond acceptors (Lipinski definition) is 3. The van der Waals surface area contributed by atoms with Crippen LogP contribution in [0.5, 0.6) is 5.75 Å². The summed E-state index contributed by atoms with van der Waals surface area (Å²) in [5.74, 6) is 0.847. The Balaban J connectivity index is 1.91. The second kappa shape index (κ2) is 5.40. The predicted molar refractivity (Wildman–Crippen MR) is 68.5 cm³/mol. The van der Waals surface area contributed by atoms with Crippen molar-refractivity contribution >= 4 is 5.91 Å². The van der Waals surface area contributed by atoms with Crippen LogP contribution in [0.3, 0.4) is 0 Å². The average Bonchev–Trinajstić information content (AvgIpc) is 2.67. The Bertz CT molecular complexity index is 433. The van der Waals surface area contributed by atoms with E-state index >= 15 is 0 Å². The van der Waals surface area contributed by atoms with Crippen molar-refractivity contribution in [3.8, 4) is 5.75 Å². The maximum atomic E-state index is 11.6. The van der Waals surface area contributed by atoms with E-state index < -0.39 is 6.10 Å². The van der Waals surface area contributed by atoms with Gasteiger partial charge in [-0.25, -0.2) is 0 Å². The van der Waals surface area contributed by atoms with Gasteiger partial charge in [0.05, 0.1) is 18.6 Å². The Morgan fingerprint density at radius 2 is 2.22 bits per heavy atom. The number of aliphatic hydroxyl groups is 1. The summed E-state index contributed by atoms with van der Waals surface area (Å²) in [5, 5.41) is 9.44. The van der Waals surface area contributed by atoms with Crippen LogP contribution >= 0.6 is 0 Å². The fraction of sp³-hybridized carbons (Fsp3) is 0.500. The zero-order chi connectivity index (χ0) is 13.1. The first-order valence-electron chi connectivity index (χ1n) is 6.24. The van der Waals surface area contributed by atoms with Crippen LogP contribution in [-0.2, 0) is 4.79 Å². The first-order chi connectivity index (χ1) is 8.58. The molecular formula is C14H19NO3. The lowest BCUT2D eigenvalue weighted by Crippen LogP contribution is -2.38. The molecule has 1 heterocycles. The number of β-amino-alcohol motifs (C(OH)–C–C–N with tert-alkyl or cyclic N) is 1. The number of aryl methyl sites for hydroxylation is 1. The van der Waals surface area contributed by atoms with Gasteiger partial charge in [-0.3, -0.25) is 4.79 Å². The number of aliphatic hydroxyl groups excluding tert-OH is 1. The third-order valence-electron chi connectivity index (χ3n) is 3.24. The van der Waals surface area contributed by atoms with Gasteiger partial charge >= 0.3 is 0 Å². The fourth-order valence-corrected chi connectivity index (χ4v) is 2.16. The summed E-state index contributed by atoms with van der Waals surface area (Å²) >= 11 is 0. The normalized spacial score (nSPS) is 21.2. The highest BCUT2D eigenvalue weighted by Gasteiger charge is 2.31. The molecule has 2 rings (SSSR count). The Morgan fingerprint density at radius 3 is 2.83 bits per heavy atom. The Kier molecular flexibility index (Phi) is 3.87. The molecule has 1 aliphatic rings. The number of carbonyl (C=O) groups excluding carboxylic acids is 1. The zero-order valence-corrected chi connectivity index (χ0v) is 10.8. The maximum Gasteiger partial charge on any atom is 0.225 e. The number of amides is 1. The van der Waals surface area contributed by atoms with Crippen molar-refractivity contribution < 1.29 is 14.6 Å². The van der Waals surface area contributed by atoms with Gasteiger partial charge in [0.2, 0.25) is 5.91 Å². The van der Waals surface area contributed by atoms with Gasteiger partial charge in [-0.05, 0) is 25.5 Å². The molecule has 0 aliphatic carbocycles. The summed E-state index contributed by atoms with van der Waals surface area (Å²) in [6, 6.07) is 7.78. The predicted octanol–water partition coefficient (Wildman–Crippen LogP) is 1.36. The van der Waals surface area contributed by atoms with Crippen LogP contribution in [0.25, 0.3) is 0 Å². The van der Waals surface area contributed by atoms with Crippen LogP contribution in [0.2, 0.25) is 0 Å². The molecule has 4 heteroatoms. The minimum absolute atomic E-state index is 0.00313. The highest BCUT2D eigenvalue weighted by atomic mass is 16.5. The molecule has 1 amide bonds. The molecule has 0 spiro atoms. The fourth-order valence-electron chi connectivity index (χ4n) is 2.16. The third-order valence-corrected chi connectivity index (χ3v) is 3.24. The molecule has 0 radical (unpaired) electrons. The monoisotopic (exact) mass is 249 g/mol. The average molecular weight is 249 g/mol. The van der Waals surface area contributed by atoms with E-state index in [1.807, 2.05) is 38.1 Å². The first-order valence-corrected chi connectivity index (χ1v) is 6.24. The molecule has 0 saturated carbocycles. The van der Waals surface area contributed by atoms with Gasteiger partial charge in [-0.1, -0.05) is 18.2 Å². The van der Waals surface area contributed by atoms with Gasteiger partial charge in [-0.2, -0.15) is 0 Å². The third kappa shape index (κ3) is 2.82. The second-order valence-electron chi connectivity index (χ2n) is 4.83. The van der Waals surface area contributed by atoms with Gasteiger partial charge in [0.25, 0.3) is 0 Å². The first kappa shape index (κ1) is 12.9. The van der Waals surface area contributed by atoms with Crippen LogP contribution in [0.4, 0.5) is 0 Å². The molecule has 0 bridgehead atoms. The number of nitrogens with zero attached hydrogens (tertiary/aromatic N) is 1. The smallest absolute Gasteiger partial charge is 0.225 e. The molecule has 1 fully saturated rings. The number of hydrogen-bond donors (Lipinski definition) is 1. The van der Waals surface area contributed by atoms with E-state index in [9.17, 15) is 9.90 Å². The second-order valence-corrected chi connectivity index (χ2v) is 4.83. The molecule has 1 aliphatic heterocycles. The van der Waals surface area contributed by atoms with E-state index in [0.717, 1.165) is 11.3 Å². The highest BCUT2D eigenvalue weighted by Crippen LogP contribution is 2.19. The summed E-state index contributed by atoms with van der Waals surface area (Å²) < 4.78 is 5.72. The van der Waals surface area contributed by atoms with Gasteiger partial charge in [-0.15, -0.1) is 0 Å². The van der Waals surface area contributed by atoms with Crippen LogP contribution in [0.1, 0.15) is 18.9 Å². The Labute approximate surface area is 107 Å². The number of carbonyl (C=O) groups is 1. The summed E-state index contributed by atoms with van der Waals surface area (Å²) in [7, 11) is 0. The molecule has 1 aromatic rings. The standard InChI is InChI=1S/C14H19NO3/c1-10-5-3-4-6-13(10)18-9-11(2)15-8-12(16)7-14(15)17/h3-6,11-12,16H,7-9H2,1-2H3. The van der Waals surface area contributed by atoms with Crippen molar-refractivity contribution in [2.75, 3.05) is 13.2 Å². The molecular weight excluding hydrogens is 230 g/mol. The lowest BCUT2D eigenvalue weighted by Gasteiger charge is -2.24. The number of benzene rings is 1. The largest absolute Gasteiger partial charge is 0.491 e. The molecule has 0 aromatic heterocycles. The maximum absolute atomic E-state index is 11.6. The van der Waals surface area contributed by atoms with Gasteiger partial charge in [0.1, 0.15) is 12.4 Å². The molecule has 4 nitrogen and oxygen atoms in total. The number of ether oxygens (including phenoxy) is 1. The number of rotatable bonds is 4. The quantitative estimate of drug-likeness (QED) is 0.876. The van der Waals surface area contributed by atoms with Gasteiger partial charge < -0.3 is 14.7 Å². The van der Waals surface area contributed by atoms with Crippen LogP contribution in [0, 0.1) is 6.92 Å². The number of para-hydroxylation sites is 1. The van der Waals surface area contributed by atoms with E-state index in [1.165, 1.54) is 0 Å². The summed E-state index contributed by atoms with van der Waals surface area (Å²) in [6.45, 7) is 4.79. The lowest BCUT2D eigenvalue weighted by atomic mass is 10.2. The summed E-state index contributed by atoms with van der Waals surface area (Å²) in [4.78, 5) is 13.3. The van der Waals surface area contributed by atoms with E-state index in [1.54, 1.807) is 4.90 Å². The van der Waals surface area contributed by atoms with Crippen molar-refractivity contribution in [2.45, 2.75) is 32.4 Å². The van der Waals surface area contributed by atoms with Crippen LogP contribution in [0.15, 0.2) is 24.3 Å². The molecule has 18 heavy (non-hydrogen) atoms. The van der Waals surface area contributed by atoms with E-state index in [0.29, 0.717) is 13.2 Å². The van der Waals surface area contributed by atoms with Gasteiger partial charge in [0.15, 0.2) is 0 Å². The van der Waals surface area contributed by atoms with Crippen molar-refractivity contribution in [3.63, 3.8) is 0 Å². The topological polar surface area (TPSA) is 49.8 Å².